The molecule has 0 rings (SSSR count). The van der Waals surface area contributed by atoms with Crippen LogP contribution in [-0.4, -0.2) is 11.2 Å². The first-order valence-electron chi connectivity index (χ1n) is 5.12. The van der Waals surface area contributed by atoms with E-state index in [1.807, 2.05) is 19.1 Å². The monoisotopic (exact) mass is 170 g/mol. The van der Waals surface area contributed by atoms with Crippen LogP contribution in [0.5, 0.6) is 0 Å². The van der Waals surface area contributed by atoms with Gasteiger partial charge in [-0.2, -0.15) is 0 Å². The van der Waals surface area contributed by atoms with Crippen molar-refractivity contribution in [3.63, 3.8) is 0 Å². The second kappa shape index (κ2) is 8.79. The summed E-state index contributed by atoms with van der Waals surface area (Å²) in [4.78, 5) is 0. The first-order chi connectivity index (χ1) is 5.81. The van der Waals surface area contributed by atoms with Gasteiger partial charge in [-0.05, 0) is 13.3 Å². The van der Waals surface area contributed by atoms with Crippen molar-refractivity contribution in [3.8, 4) is 0 Å². The molecule has 72 valence electrons. The van der Waals surface area contributed by atoms with E-state index in [4.69, 9.17) is 0 Å². The Morgan fingerprint density at radius 1 is 1.17 bits per heavy atom. The van der Waals surface area contributed by atoms with E-state index < -0.39 is 0 Å². The number of rotatable bonds is 7. The van der Waals surface area contributed by atoms with Crippen LogP contribution in [0, 0.1) is 0 Å². The molecule has 0 heterocycles. The number of aliphatic hydroxyl groups excluding tert-OH is 1. The number of unbranched alkanes of at least 4 members (excludes halogenated alkanes) is 4. The van der Waals surface area contributed by atoms with Crippen molar-refractivity contribution in [3.05, 3.63) is 12.2 Å². The molecule has 0 aromatic carbocycles. The van der Waals surface area contributed by atoms with E-state index >= 15 is 0 Å². The Balaban J connectivity index is 3.08. The van der Waals surface area contributed by atoms with Crippen LogP contribution in [-0.2, 0) is 0 Å². The molecule has 1 unspecified atom stereocenters. The van der Waals surface area contributed by atoms with Crippen molar-refractivity contribution in [2.45, 2.75) is 58.5 Å². The van der Waals surface area contributed by atoms with E-state index in [-0.39, 0.29) is 6.10 Å². The summed E-state index contributed by atoms with van der Waals surface area (Å²) in [5.74, 6) is 0. The maximum absolute atomic E-state index is 9.32. The van der Waals surface area contributed by atoms with E-state index in [9.17, 15) is 5.11 Å². The number of hydrogen-bond donors (Lipinski definition) is 1. The lowest BCUT2D eigenvalue weighted by Gasteiger charge is -2.04. The van der Waals surface area contributed by atoms with Crippen molar-refractivity contribution in [1.82, 2.24) is 0 Å². The van der Waals surface area contributed by atoms with Crippen LogP contribution in [0.2, 0.25) is 0 Å². The zero-order chi connectivity index (χ0) is 9.23. The molecule has 0 spiro atoms. The third-order valence-corrected chi connectivity index (χ3v) is 2.02. The maximum atomic E-state index is 9.32. The van der Waals surface area contributed by atoms with E-state index in [1.54, 1.807) is 0 Å². The summed E-state index contributed by atoms with van der Waals surface area (Å²) in [5.41, 5.74) is 0. The number of aliphatic hydroxyl groups is 1. The Morgan fingerprint density at radius 2 is 1.83 bits per heavy atom. The summed E-state index contributed by atoms with van der Waals surface area (Å²) < 4.78 is 0. The highest BCUT2D eigenvalue weighted by Gasteiger charge is 1.97. The summed E-state index contributed by atoms with van der Waals surface area (Å²) in [6.45, 7) is 4.16. The van der Waals surface area contributed by atoms with Crippen LogP contribution < -0.4 is 0 Å². The average Bonchev–Trinajstić information content (AvgIpc) is 2.05. The molecule has 1 heteroatoms. The Labute approximate surface area is 76.5 Å². The summed E-state index contributed by atoms with van der Waals surface area (Å²) in [5, 5.41) is 9.32. The summed E-state index contributed by atoms with van der Waals surface area (Å²) in [6, 6.07) is 0. The minimum atomic E-state index is -0.211. The van der Waals surface area contributed by atoms with Crippen molar-refractivity contribution >= 4 is 0 Å². The van der Waals surface area contributed by atoms with Crippen molar-refractivity contribution in [2.24, 2.45) is 0 Å². The number of allylic oxidation sites excluding steroid dienone is 1. The van der Waals surface area contributed by atoms with Crippen LogP contribution >= 0.6 is 0 Å². The smallest absolute Gasteiger partial charge is 0.0720 e. The van der Waals surface area contributed by atoms with E-state index in [2.05, 4.69) is 6.92 Å². The van der Waals surface area contributed by atoms with E-state index in [1.165, 1.54) is 25.7 Å². The fraction of sp³-hybridized carbons (Fsp3) is 0.818. The molecular formula is C11H22O. The predicted molar refractivity (Wildman–Crippen MR) is 54.2 cm³/mol. The van der Waals surface area contributed by atoms with Crippen molar-refractivity contribution in [2.75, 3.05) is 0 Å². The first kappa shape index (κ1) is 11.7. The molecule has 1 atom stereocenters. The Hall–Kier alpha value is -0.300. The number of hydrogen-bond acceptors (Lipinski definition) is 1. The first-order valence-corrected chi connectivity index (χ1v) is 5.12. The van der Waals surface area contributed by atoms with Gasteiger partial charge < -0.3 is 5.11 Å². The van der Waals surface area contributed by atoms with Crippen LogP contribution in [0.1, 0.15) is 52.4 Å². The highest BCUT2D eigenvalue weighted by molar-refractivity contribution is 4.84. The fourth-order valence-corrected chi connectivity index (χ4v) is 1.28. The van der Waals surface area contributed by atoms with Crippen molar-refractivity contribution in [1.29, 1.82) is 0 Å². The van der Waals surface area contributed by atoms with E-state index in [0.717, 1.165) is 12.8 Å². The Bertz CT molecular complexity index is 108. The molecule has 0 radical (unpaired) electrons. The molecule has 0 aromatic heterocycles. The highest BCUT2D eigenvalue weighted by Crippen LogP contribution is 2.07. The fourth-order valence-electron chi connectivity index (χ4n) is 1.28. The van der Waals surface area contributed by atoms with Crippen molar-refractivity contribution < 1.29 is 5.11 Å². The molecule has 0 aliphatic heterocycles. The average molecular weight is 170 g/mol. The third kappa shape index (κ3) is 7.80. The molecule has 1 N–H and O–H groups in total. The van der Waals surface area contributed by atoms with Gasteiger partial charge in [0.2, 0.25) is 0 Å². The quantitative estimate of drug-likeness (QED) is 0.459. The van der Waals surface area contributed by atoms with Gasteiger partial charge in [0.1, 0.15) is 0 Å². The normalized spacial score (nSPS) is 13.9. The third-order valence-electron chi connectivity index (χ3n) is 2.02. The largest absolute Gasteiger partial charge is 0.389 e. The summed E-state index contributed by atoms with van der Waals surface area (Å²) in [6.07, 6.45) is 10.9. The second-order valence-corrected chi connectivity index (χ2v) is 3.30. The molecule has 0 saturated heterocycles. The van der Waals surface area contributed by atoms with Crippen LogP contribution in [0.4, 0.5) is 0 Å². The zero-order valence-corrected chi connectivity index (χ0v) is 8.42. The highest BCUT2D eigenvalue weighted by atomic mass is 16.3. The molecule has 0 aliphatic rings. The lowest BCUT2D eigenvalue weighted by atomic mass is 10.1. The van der Waals surface area contributed by atoms with Crippen LogP contribution in [0.3, 0.4) is 0 Å². The maximum Gasteiger partial charge on any atom is 0.0720 e. The lowest BCUT2D eigenvalue weighted by molar-refractivity contribution is 0.208. The lowest BCUT2D eigenvalue weighted by Crippen LogP contribution is -2.00. The van der Waals surface area contributed by atoms with Gasteiger partial charge >= 0.3 is 0 Å². The molecule has 0 aliphatic carbocycles. The second-order valence-electron chi connectivity index (χ2n) is 3.30. The Morgan fingerprint density at radius 3 is 2.42 bits per heavy atom. The molecule has 0 bridgehead atoms. The van der Waals surface area contributed by atoms with E-state index in [0.29, 0.717) is 0 Å². The minimum Gasteiger partial charge on any atom is -0.389 e. The zero-order valence-electron chi connectivity index (χ0n) is 8.42. The predicted octanol–water partition coefficient (Wildman–Crippen LogP) is 3.28. The van der Waals surface area contributed by atoms with Gasteiger partial charge in [0.05, 0.1) is 6.10 Å². The van der Waals surface area contributed by atoms with Gasteiger partial charge in [-0.3, -0.25) is 0 Å². The summed E-state index contributed by atoms with van der Waals surface area (Å²) >= 11 is 0. The minimum absolute atomic E-state index is 0.211. The molecule has 0 fully saturated rings. The van der Waals surface area contributed by atoms with Gasteiger partial charge in [0, 0.05) is 0 Å². The van der Waals surface area contributed by atoms with Crippen LogP contribution in [0.25, 0.3) is 0 Å². The topological polar surface area (TPSA) is 20.2 Å². The molecule has 0 aromatic rings. The molecule has 0 saturated carbocycles. The van der Waals surface area contributed by atoms with Gasteiger partial charge in [0.25, 0.3) is 0 Å². The van der Waals surface area contributed by atoms with Gasteiger partial charge in [-0.15, -0.1) is 0 Å². The molecule has 1 nitrogen and oxygen atoms in total. The SMILES string of the molecule is C/C=C\C(O)CCCCCCC. The molecule has 12 heavy (non-hydrogen) atoms. The van der Waals surface area contributed by atoms with Gasteiger partial charge in [0.15, 0.2) is 0 Å². The Kier molecular flexibility index (Phi) is 8.57. The van der Waals surface area contributed by atoms with Crippen LogP contribution in [0.15, 0.2) is 12.2 Å². The van der Waals surface area contributed by atoms with Gasteiger partial charge in [-0.25, -0.2) is 0 Å². The molecule has 0 amide bonds. The molecular weight excluding hydrogens is 148 g/mol. The van der Waals surface area contributed by atoms with Gasteiger partial charge in [-0.1, -0.05) is 51.2 Å². The summed E-state index contributed by atoms with van der Waals surface area (Å²) in [7, 11) is 0. The standard InChI is InChI=1S/C11H22O/c1-3-5-6-7-8-10-11(12)9-4-2/h4,9,11-12H,3,5-8,10H2,1-2H3/b9-4-.